The lowest BCUT2D eigenvalue weighted by molar-refractivity contribution is -0.119. The topological polar surface area (TPSA) is 78.5 Å². The SMILES string of the molecule is CN1CC(C(=O)Nc2cccc(C3CNC(=O)C3)c2)c2ccccc2C1=O. The number of nitrogens with one attached hydrogen (secondary N) is 2. The van der Waals surface area contributed by atoms with E-state index in [0.29, 0.717) is 30.8 Å². The molecule has 2 aromatic rings. The van der Waals surface area contributed by atoms with Gasteiger partial charge in [0.25, 0.3) is 5.91 Å². The number of hydrogen-bond donors (Lipinski definition) is 2. The molecule has 0 radical (unpaired) electrons. The van der Waals surface area contributed by atoms with Crippen molar-refractivity contribution in [3.63, 3.8) is 0 Å². The Kier molecular flexibility index (Phi) is 4.39. The molecule has 0 aliphatic carbocycles. The van der Waals surface area contributed by atoms with Crippen molar-refractivity contribution in [2.75, 3.05) is 25.5 Å². The Morgan fingerprint density at radius 3 is 2.74 bits per heavy atom. The van der Waals surface area contributed by atoms with Gasteiger partial charge in [0.1, 0.15) is 0 Å². The van der Waals surface area contributed by atoms with Gasteiger partial charge in [-0.2, -0.15) is 0 Å². The number of anilines is 1. The van der Waals surface area contributed by atoms with Gasteiger partial charge in [0.15, 0.2) is 0 Å². The highest BCUT2D eigenvalue weighted by Gasteiger charge is 2.33. The maximum Gasteiger partial charge on any atom is 0.253 e. The predicted octanol–water partition coefficient (Wildman–Crippen LogP) is 2.10. The second kappa shape index (κ2) is 6.87. The molecular weight excluding hydrogens is 342 g/mol. The van der Waals surface area contributed by atoms with Crippen molar-refractivity contribution in [3.05, 3.63) is 65.2 Å². The summed E-state index contributed by atoms with van der Waals surface area (Å²) in [7, 11) is 1.71. The summed E-state index contributed by atoms with van der Waals surface area (Å²) >= 11 is 0. The minimum absolute atomic E-state index is 0.0564. The zero-order chi connectivity index (χ0) is 19.0. The van der Waals surface area contributed by atoms with Crippen LogP contribution < -0.4 is 10.6 Å². The molecule has 4 rings (SSSR count). The fraction of sp³-hybridized carbons (Fsp3) is 0.286. The number of fused-ring (bicyclic) bond motifs is 1. The monoisotopic (exact) mass is 363 g/mol. The van der Waals surface area contributed by atoms with Gasteiger partial charge in [0.2, 0.25) is 11.8 Å². The van der Waals surface area contributed by atoms with Crippen molar-refractivity contribution < 1.29 is 14.4 Å². The van der Waals surface area contributed by atoms with E-state index < -0.39 is 5.92 Å². The van der Waals surface area contributed by atoms with Gasteiger partial charge in [0, 0.05) is 43.7 Å². The van der Waals surface area contributed by atoms with E-state index in [0.717, 1.165) is 11.1 Å². The molecule has 2 unspecified atom stereocenters. The number of nitrogens with zero attached hydrogens (tertiary/aromatic N) is 1. The molecule has 2 N–H and O–H groups in total. The molecule has 6 nitrogen and oxygen atoms in total. The minimum atomic E-state index is -0.415. The molecule has 1 saturated heterocycles. The molecule has 2 heterocycles. The van der Waals surface area contributed by atoms with Crippen LogP contribution in [0.3, 0.4) is 0 Å². The first-order valence-corrected chi connectivity index (χ1v) is 9.05. The van der Waals surface area contributed by atoms with E-state index in [1.54, 1.807) is 18.0 Å². The van der Waals surface area contributed by atoms with Crippen LogP contribution in [0, 0.1) is 0 Å². The van der Waals surface area contributed by atoms with Gasteiger partial charge in [-0.1, -0.05) is 30.3 Å². The molecule has 0 spiro atoms. The first-order chi connectivity index (χ1) is 13.0. The van der Waals surface area contributed by atoms with Crippen LogP contribution in [-0.4, -0.2) is 42.8 Å². The van der Waals surface area contributed by atoms with E-state index in [9.17, 15) is 14.4 Å². The predicted molar refractivity (Wildman–Crippen MR) is 102 cm³/mol. The molecular formula is C21H21N3O3. The van der Waals surface area contributed by atoms with E-state index >= 15 is 0 Å². The summed E-state index contributed by atoms with van der Waals surface area (Å²) < 4.78 is 0. The molecule has 2 aromatic carbocycles. The average Bonchev–Trinajstić information content (AvgIpc) is 3.11. The van der Waals surface area contributed by atoms with Crippen LogP contribution >= 0.6 is 0 Å². The van der Waals surface area contributed by atoms with Crippen molar-refractivity contribution in [2.45, 2.75) is 18.3 Å². The molecule has 6 heteroatoms. The number of hydrogen-bond acceptors (Lipinski definition) is 3. The van der Waals surface area contributed by atoms with Crippen molar-refractivity contribution in [1.82, 2.24) is 10.2 Å². The average molecular weight is 363 g/mol. The number of rotatable bonds is 3. The lowest BCUT2D eigenvalue weighted by atomic mass is 9.88. The molecule has 2 atom stereocenters. The van der Waals surface area contributed by atoms with E-state index in [1.165, 1.54) is 0 Å². The summed E-state index contributed by atoms with van der Waals surface area (Å²) in [6.45, 7) is 0.974. The Bertz CT molecular complexity index is 924. The van der Waals surface area contributed by atoms with Crippen molar-refractivity contribution >= 4 is 23.4 Å². The van der Waals surface area contributed by atoms with Crippen LogP contribution in [0.5, 0.6) is 0 Å². The van der Waals surface area contributed by atoms with Crippen LogP contribution in [0.15, 0.2) is 48.5 Å². The summed E-state index contributed by atoms with van der Waals surface area (Å²) in [5, 5.41) is 5.82. The number of benzene rings is 2. The molecule has 1 fully saturated rings. The van der Waals surface area contributed by atoms with E-state index in [2.05, 4.69) is 10.6 Å². The quantitative estimate of drug-likeness (QED) is 0.877. The van der Waals surface area contributed by atoms with E-state index in [4.69, 9.17) is 0 Å². The summed E-state index contributed by atoms with van der Waals surface area (Å²) in [6.07, 6.45) is 0.473. The van der Waals surface area contributed by atoms with Gasteiger partial charge in [0.05, 0.1) is 5.92 Å². The van der Waals surface area contributed by atoms with Gasteiger partial charge in [-0.15, -0.1) is 0 Å². The largest absolute Gasteiger partial charge is 0.355 e. The molecule has 27 heavy (non-hydrogen) atoms. The zero-order valence-corrected chi connectivity index (χ0v) is 15.1. The third-order valence-electron chi connectivity index (χ3n) is 5.29. The molecule has 2 aliphatic heterocycles. The molecule has 0 saturated carbocycles. The van der Waals surface area contributed by atoms with E-state index in [-0.39, 0.29) is 23.6 Å². The van der Waals surface area contributed by atoms with Crippen molar-refractivity contribution in [3.8, 4) is 0 Å². The minimum Gasteiger partial charge on any atom is -0.355 e. The van der Waals surface area contributed by atoms with Gasteiger partial charge in [-0.05, 0) is 29.3 Å². The van der Waals surface area contributed by atoms with Gasteiger partial charge in [-0.3, -0.25) is 14.4 Å². The van der Waals surface area contributed by atoms with E-state index in [1.807, 2.05) is 42.5 Å². The van der Waals surface area contributed by atoms with Crippen LogP contribution in [0.2, 0.25) is 0 Å². The standard InChI is InChI=1S/C21H21N3O3/c1-24-12-18(16-7-2-3-8-17(16)21(24)27)20(26)23-15-6-4-5-13(9-15)14-10-19(25)22-11-14/h2-9,14,18H,10-12H2,1H3,(H,22,25)(H,23,26). The lowest BCUT2D eigenvalue weighted by Crippen LogP contribution is -2.41. The van der Waals surface area contributed by atoms with Crippen LogP contribution in [-0.2, 0) is 9.59 Å². The van der Waals surface area contributed by atoms with Crippen LogP contribution in [0.1, 0.15) is 39.7 Å². The third-order valence-corrected chi connectivity index (χ3v) is 5.29. The fourth-order valence-electron chi connectivity index (χ4n) is 3.82. The smallest absolute Gasteiger partial charge is 0.253 e. The van der Waals surface area contributed by atoms with Crippen molar-refractivity contribution in [2.24, 2.45) is 0 Å². The third kappa shape index (κ3) is 3.30. The molecule has 2 aliphatic rings. The normalized spacial score (nSPS) is 21.6. The Morgan fingerprint density at radius 2 is 1.96 bits per heavy atom. The van der Waals surface area contributed by atoms with Crippen LogP contribution in [0.25, 0.3) is 0 Å². The Labute approximate surface area is 157 Å². The summed E-state index contributed by atoms with van der Waals surface area (Å²) in [6, 6.07) is 14.9. The Balaban J connectivity index is 1.55. The number of carbonyl (C=O) groups excluding carboxylic acids is 3. The number of carbonyl (C=O) groups is 3. The molecule has 138 valence electrons. The highest BCUT2D eigenvalue weighted by molar-refractivity contribution is 6.03. The van der Waals surface area contributed by atoms with Gasteiger partial charge >= 0.3 is 0 Å². The maximum atomic E-state index is 13.0. The fourth-order valence-corrected chi connectivity index (χ4v) is 3.82. The highest BCUT2D eigenvalue weighted by atomic mass is 16.2. The Morgan fingerprint density at radius 1 is 1.15 bits per heavy atom. The summed E-state index contributed by atoms with van der Waals surface area (Å²) in [5.41, 5.74) is 3.08. The van der Waals surface area contributed by atoms with Crippen LogP contribution in [0.4, 0.5) is 5.69 Å². The zero-order valence-electron chi connectivity index (χ0n) is 15.1. The maximum absolute atomic E-state index is 13.0. The lowest BCUT2D eigenvalue weighted by Gasteiger charge is -2.31. The van der Waals surface area contributed by atoms with Gasteiger partial charge in [-0.25, -0.2) is 0 Å². The second-order valence-electron chi connectivity index (χ2n) is 7.15. The molecule has 3 amide bonds. The summed E-state index contributed by atoms with van der Waals surface area (Å²) in [5.74, 6) is -0.425. The van der Waals surface area contributed by atoms with Gasteiger partial charge < -0.3 is 15.5 Å². The number of amides is 3. The summed E-state index contributed by atoms with van der Waals surface area (Å²) in [4.78, 5) is 38.3. The van der Waals surface area contributed by atoms with Crippen molar-refractivity contribution in [1.29, 1.82) is 0 Å². The number of likely N-dealkylation sites (N-methyl/N-ethyl adjacent to an activating group) is 1. The molecule has 0 bridgehead atoms. The first kappa shape index (κ1) is 17.3. The molecule has 0 aromatic heterocycles. The second-order valence-corrected chi connectivity index (χ2v) is 7.15. The Hall–Kier alpha value is -3.15. The highest BCUT2D eigenvalue weighted by Crippen LogP contribution is 2.30. The first-order valence-electron chi connectivity index (χ1n) is 9.05.